The molecule has 13 heavy (non-hydrogen) atoms. The summed E-state index contributed by atoms with van der Waals surface area (Å²) in [5.74, 6) is 0.643. The van der Waals surface area contributed by atoms with Crippen molar-refractivity contribution in [3.63, 3.8) is 0 Å². The Morgan fingerprint density at radius 3 is 2.23 bits per heavy atom. The molecule has 0 N–H and O–H groups in total. The van der Waals surface area contributed by atoms with E-state index in [0.717, 1.165) is 6.42 Å². The second kappa shape index (κ2) is 3.95. The molecule has 0 amide bonds. The average Bonchev–Trinajstić information content (AvgIpc) is 2.09. The molecule has 0 aliphatic carbocycles. The molecule has 0 spiro atoms. The van der Waals surface area contributed by atoms with Crippen molar-refractivity contribution < 1.29 is 0 Å². The summed E-state index contributed by atoms with van der Waals surface area (Å²) >= 11 is 0. The third kappa shape index (κ3) is 2.12. The topological polar surface area (TPSA) is 0 Å². The molecule has 0 radical (unpaired) electrons. The highest BCUT2D eigenvalue weighted by Gasteiger charge is 2.05. The van der Waals surface area contributed by atoms with Gasteiger partial charge >= 0.3 is 0 Å². The van der Waals surface area contributed by atoms with Crippen LogP contribution in [0.1, 0.15) is 48.9 Å². The van der Waals surface area contributed by atoms with E-state index < -0.39 is 0 Å². The van der Waals surface area contributed by atoms with E-state index >= 15 is 0 Å². The van der Waals surface area contributed by atoms with Gasteiger partial charge in [0.25, 0.3) is 0 Å². The maximum Gasteiger partial charge on any atom is -0.0219 e. The van der Waals surface area contributed by atoms with Gasteiger partial charge in [-0.3, -0.25) is 0 Å². The van der Waals surface area contributed by atoms with Gasteiger partial charge in [-0.05, 0) is 48.4 Å². The standard InChI is InChI=1S/C13H20/c1-6-12-8-13(9(2)3)7-10(4)11(12)5/h7-9H,6H2,1-5H3. The highest BCUT2D eigenvalue weighted by Crippen LogP contribution is 2.22. The first-order chi connectivity index (χ1) is 6.06. The van der Waals surface area contributed by atoms with E-state index in [1.165, 1.54) is 22.3 Å². The summed E-state index contributed by atoms with van der Waals surface area (Å²) in [4.78, 5) is 0. The molecule has 72 valence electrons. The van der Waals surface area contributed by atoms with Gasteiger partial charge in [0, 0.05) is 0 Å². The molecule has 0 bridgehead atoms. The molecule has 1 aromatic rings. The first-order valence-corrected chi connectivity index (χ1v) is 5.16. The Hall–Kier alpha value is -0.780. The minimum atomic E-state index is 0.643. The van der Waals surface area contributed by atoms with Crippen molar-refractivity contribution in [1.29, 1.82) is 0 Å². The Labute approximate surface area is 82.0 Å². The molecule has 1 aromatic carbocycles. The highest BCUT2D eigenvalue weighted by molar-refractivity contribution is 5.38. The van der Waals surface area contributed by atoms with Crippen LogP contribution in [0.25, 0.3) is 0 Å². The van der Waals surface area contributed by atoms with Crippen molar-refractivity contribution in [3.05, 3.63) is 34.4 Å². The number of hydrogen-bond donors (Lipinski definition) is 0. The lowest BCUT2D eigenvalue weighted by atomic mass is 9.93. The Balaban J connectivity index is 3.22. The van der Waals surface area contributed by atoms with Gasteiger partial charge in [-0.15, -0.1) is 0 Å². The lowest BCUT2D eigenvalue weighted by molar-refractivity contribution is 0.858. The maximum atomic E-state index is 2.35. The Bertz CT molecular complexity index is 295. The number of benzene rings is 1. The molecule has 0 aliphatic rings. The zero-order valence-electron chi connectivity index (χ0n) is 9.44. The molecule has 0 fully saturated rings. The Kier molecular flexibility index (Phi) is 3.13. The van der Waals surface area contributed by atoms with E-state index in [4.69, 9.17) is 0 Å². The van der Waals surface area contributed by atoms with Gasteiger partial charge < -0.3 is 0 Å². The highest BCUT2D eigenvalue weighted by atomic mass is 14.1. The normalized spacial score (nSPS) is 10.9. The van der Waals surface area contributed by atoms with Gasteiger partial charge in [-0.25, -0.2) is 0 Å². The largest absolute Gasteiger partial charge is 0.0613 e. The van der Waals surface area contributed by atoms with E-state index in [-0.39, 0.29) is 0 Å². The molecule has 0 atom stereocenters. The summed E-state index contributed by atoms with van der Waals surface area (Å²) in [6.45, 7) is 11.2. The van der Waals surface area contributed by atoms with Crippen LogP contribution in [0.4, 0.5) is 0 Å². The Morgan fingerprint density at radius 1 is 1.15 bits per heavy atom. The van der Waals surface area contributed by atoms with Gasteiger partial charge in [0.2, 0.25) is 0 Å². The number of aryl methyl sites for hydroxylation is 2. The van der Waals surface area contributed by atoms with Gasteiger partial charge in [0.15, 0.2) is 0 Å². The molecule has 0 unspecified atom stereocenters. The number of hydrogen-bond acceptors (Lipinski definition) is 0. The van der Waals surface area contributed by atoms with Crippen molar-refractivity contribution in [2.24, 2.45) is 0 Å². The van der Waals surface area contributed by atoms with Crippen molar-refractivity contribution >= 4 is 0 Å². The minimum Gasteiger partial charge on any atom is -0.0613 e. The minimum absolute atomic E-state index is 0.643. The number of rotatable bonds is 2. The molecular formula is C13H20. The Morgan fingerprint density at radius 2 is 1.77 bits per heavy atom. The van der Waals surface area contributed by atoms with E-state index in [1.54, 1.807) is 0 Å². The molecule has 0 saturated carbocycles. The van der Waals surface area contributed by atoms with Gasteiger partial charge in [0.05, 0.1) is 0 Å². The second-order valence-corrected chi connectivity index (χ2v) is 4.13. The average molecular weight is 176 g/mol. The summed E-state index contributed by atoms with van der Waals surface area (Å²) in [6, 6.07) is 4.67. The summed E-state index contributed by atoms with van der Waals surface area (Å²) in [6.07, 6.45) is 1.15. The van der Waals surface area contributed by atoms with Crippen LogP contribution >= 0.6 is 0 Å². The fraction of sp³-hybridized carbons (Fsp3) is 0.538. The fourth-order valence-corrected chi connectivity index (χ4v) is 1.66. The molecule has 0 nitrogen and oxygen atoms in total. The van der Waals surface area contributed by atoms with Crippen LogP contribution in [0, 0.1) is 13.8 Å². The molecule has 0 aromatic heterocycles. The molecule has 0 saturated heterocycles. The monoisotopic (exact) mass is 176 g/mol. The molecule has 0 heteroatoms. The summed E-state index contributed by atoms with van der Waals surface area (Å²) in [5.41, 5.74) is 5.87. The smallest absolute Gasteiger partial charge is 0.0219 e. The quantitative estimate of drug-likeness (QED) is 0.639. The van der Waals surface area contributed by atoms with Crippen LogP contribution in [-0.2, 0) is 6.42 Å². The third-order valence-corrected chi connectivity index (χ3v) is 2.84. The molecular weight excluding hydrogens is 156 g/mol. The zero-order chi connectivity index (χ0) is 10.0. The van der Waals surface area contributed by atoms with Crippen LogP contribution < -0.4 is 0 Å². The lowest BCUT2D eigenvalue weighted by Crippen LogP contribution is -1.96. The van der Waals surface area contributed by atoms with Crippen molar-refractivity contribution in [1.82, 2.24) is 0 Å². The van der Waals surface area contributed by atoms with E-state index in [1.807, 2.05) is 0 Å². The summed E-state index contributed by atoms with van der Waals surface area (Å²) in [7, 11) is 0. The predicted molar refractivity (Wildman–Crippen MR) is 59.4 cm³/mol. The second-order valence-electron chi connectivity index (χ2n) is 4.13. The maximum absolute atomic E-state index is 2.35. The first-order valence-electron chi connectivity index (χ1n) is 5.16. The molecule has 1 rings (SSSR count). The zero-order valence-corrected chi connectivity index (χ0v) is 9.44. The van der Waals surface area contributed by atoms with Crippen LogP contribution in [0.15, 0.2) is 12.1 Å². The van der Waals surface area contributed by atoms with Crippen molar-refractivity contribution in [2.75, 3.05) is 0 Å². The van der Waals surface area contributed by atoms with Crippen molar-refractivity contribution in [2.45, 2.75) is 47.0 Å². The van der Waals surface area contributed by atoms with Gasteiger partial charge in [-0.1, -0.05) is 32.9 Å². The van der Waals surface area contributed by atoms with Crippen molar-refractivity contribution in [3.8, 4) is 0 Å². The van der Waals surface area contributed by atoms with Crippen LogP contribution in [0.5, 0.6) is 0 Å². The third-order valence-electron chi connectivity index (χ3n) is 2.84. The SMILES string of the molecule is CCc1cc(C(C)C)cc(C)c1C. The first kappa shape index (κ1) is 10.3. The molecule has 0 heterocycles. The van der Waals surface area contributed by atoms with Crippen LogP contribution in [0.3, 0.4) is 0 Å². The summed E-state index contributed by atoms with van der Waals surface area (Å²) < 4.78 is 0. The van der Waals surface area contributed by atoms with Gasteiger partial charge in [0.1, 0.15) is 0 Å². The summed E-state index contributed by atoms with van der Waals surface area (Å²) in [5, 5.41) is 0. The lowest BCUT2D eigenvalue weighted by Gasteiger charge is -2.12. The van der Waals surface area contributed by atoms with E-state index in [9.17, 15) is 0 Å². The van der Waals surface area contributed by atoms with E-state index in [2.05, 4.69) is 46.8 Å². The molecule has 0 aliphatic heterocycles. The van der Waals surface area contributed by atoms with E-state index in [0.29, 0.717) is 5.92 Å². The van der Waals surface area contributed by atoms with Crippen LogP contribution in [-0.4, -0.2) is 0 Å². The predicted octanol–water partition coefficient (Wildman–Crippen LogP) is 3.99. The fourth-order valence-electron chi connectivity index (χ4n) is 1.66. The van der Waals surface area contributed by atoms with Gasteiger partial charge in [-0.2, -0.15) is 0 Å². The van der Waals surface area contributed by atoms with Crippen LogP contribution in [0.2, 0.25) is 0 Å².